The second kappa shape index (κ2) is 7.88. The van der Waals surface area contributed by atoms with Crippen molar-refractivity contribution in [2.45, 2.75) is 17.2 Å². The van der Waals surface area contributed by atoms with Gasteiger partial charge in [0.05, 0.1) is 29.0 Å². The Labute approximate surface area is 175 Å². The summed E-state index contributed by atoms with van der Waals surface area (Å²) in [5.74, 6) is -0.604. The van der Waals surface area contributed by atoms with E-state index in [2.05, 4.69) is 9.97 Å². The molecule has 1 amide bonds. The number of H-pyrrole nitrogens is 1. The Morgan fingerprint density at radius 3 is 2.73 bits per heavy atom. The van der Waals surface area contributed by atoms with Crippen LogP contribution in [-0.4, -0.2) is 36.2 Å². The topological polar surface area (TPSA) is 113 Å². The third-order valence-corrected chi connectivity index (χ3v) is 7.07. The lowest BCUT2D eigenvalue weighted by molar-refractivity contribution is 0.0748. The Kier molecular flexibility index (Phi) is 5.27. The second-order valence-corrected chi connectivity index (χ2v) is 9.56. The van der Waals surface area contributed by atoms with E-state index in [9.17, 15) is 18.0 Å². The van der Waals surface area contributed by atoms with Crippen molar-refractivity contribution in [3.05, 3.63) is 81.6 Å². The smallest absolute Gasteiger partial charge is 0.290 e. The number of aromatic nitrogens is 2. The first kappa shape index (κ1) is 20.0. The van der Waals surface area contributed by atoms with Crippen LogP contribution < -0.4 is 5.56 Å². The average molecular weight is 444 g/mol. The van der Waals surface area contributed by atoms with Gasteiger partial charge in [-0.05, 0) is 29.6 Å². The summed E-state index contributed by atoms with van der Waals surface area (Å²) in [5, 5.41) is 1.77. The Balaban J connectivity index is 1.55. The van der Waals surface area contributed by atoms with Crippen LogP contribution in [0.2, 0.25) is 0 Å². The highest BCUT2D eigenvalue weighted by Gasteiger charge is 2.25. The number of amides is 1. The molecule has 4 aromatic rings. The molecule has 0 atom stereocenters. The fraction of sp³-hybridized carbons (Fsp3) is 0.150. The van der Waals surface area contributed by atoms with Crippen molar-refractivity contribution in [2.24, 2.45) is 0 Å². The maximum Gasteiger partial charge on any atom is 0.290 e. The fourth-order valence-corrected chi connectivity index (χ4v) is 5.12. The van der Waals surface area contributed by atoms with Gasteiger partial charge in [-0.2, -0.15) is 0 Å². The highest BCUT2D eigenvalue weighted by molar-refractivity contribution is 7.90. The quantitative estimate of drug-likeness (QED) is 0.490. The first-order valence-corrected chi connectivity index (χ1v) is 11.4. The van der Waals surface area contributed by atoms with E-state index in [0.717, 1.165) is 0 Å². The van der Waals surface area contributed by atoms with Crippen molar-refractivity contribution < 1.29 is 17.6 Å². The number of hydrogen-bond acceptors (Lipinski definition) is 7. The number of carbonyl (C=O) groups is 1. The molecular weight excluding hydrogens is 426 g/mol. The highest BCUT2D eigenvalue weighted by Crippen LogP contribution is 2.21. The van der Waals surface area contributed by atoms with Crippen molar-refractivity contribution in [1.29, 1.82) is 0 Å². The number of aromatic amines is 1. The van der Waals surface area contributed by atoms with E-state index in [1.54, 1.807) is 29.6 Å². The molecule has 154 valence electrons. The van der Waals surface area contributed by atoms with Gasteiger partial charge < -0.3 is 14.3 Å². The second-order valence-electron chi connectivity index (χ2n) is 6.66. The number of rotatable bonds is 6. The Bertz CT molecular complexity index is 1370. The zero-order valence-corrected chi connectivity index (χ0v) is 17.5. The maximum absolute atomic E-state index is 12.9. The van der Waals surface area contributed by atoms with Crippen LogP contribution in [0.25, 0.3) is 10.2 Å². The highest BCUT2D eigenvalue weighted by atomic mass is 32.2. The minimum Gasteiger partial charge on any atom is -0.459 e. The summed E-state index contributed by atoms with van der Waals surface area (Å²) in [7, 11) is -2.11. The molecule has 0 unspecified atom stereocenters. The van der Waals surface area contributed by atoms with E-state index in [4.69, 9.17) is 4.42 Å². The van der Waals surface area contributed by atoms with Crippen LogP contribution in [0.1, 0.15) is 21.9 Å². The summed E-state index contributed by atoms with van der Waals surface area (Å²) in [6.07, 6.45) is 1.29. The molecule has 0 aliphatic heterocycles. The van der Waals surface area contributed by atoms with Gasteiger partial charge in [0, 0.05) is 12.6 Å². The lowest BCUT2D eigenvalue weighted by Gasteiger charge is -2.16. The predicted octanol–water partition coefficient (Wildman–Crippen LogP) is 2.82. The number of thiophene rings is 1. The molecule has 0 bridgehead atoms. The van der Waals surface area contributed by atoms with Gasteiger partial charge in [0.1, 0.15) is 10.5 Å². The molecule has 0 fully saturated rings. The fourth-order valence-electron chi connectivity index (χ4n) is 3.02. The van der Waals surface area contributed by atoms with E-state index in [1.807, 2.05) is 0 Å². The summed E-state index contributed by atoms with van der Waals surface area (Å²) in [5.41, 5.74) is 0.566. The predicted molar refractivity (Wildman–Crippen MR) is 112 cm³/mol. The van der Waals surface area contributed by atoms with Crippen molar-refractivity contribution in [1.82, 2.24) is 14.9 Å². The van der Waals surface area contributed by atoms with Crippen LogP contribution in [0, 0.1) is 0 Å². The Morgan fingerprint density at radius 1 is 1.20 bits per heavy atom. The minimum atomic E-state index is -3.64. The van der Waals surface area contributed by atoms with Crippen LogP contribution in [0.5, 0.6) is 0 Å². The normalized spacial score (nSPS) is 11.6. The van der Waals surface area contributed by atoms with Gasteiger partial charge in [0.15, 0.2) is 15.6 Å². The van der Waals surface area contributed by atoms with Gasteiger partial charge in [-0.3, -0.25) is 9.59 Å². The lowest BCUT2D eigenvalue weighted by atomic mass is 10.2. The largest absolute Gasteiger partial charge is 0.459 e. The molecule has 4 rings (SSSR count). The number of hydrogen-bond donors (Lipinski definition) is 1. The number of nitrogens with one attached hydrogen (secondary N) is 1. The van der Waals surface area contributed by atoms with Gasteiger partial charge in [-0.1, -0.05) is 18.2 Å². The molecule has 1 N–H and O–H groups in total. The van der Waals surface area contributed by atoms with E-state index in [1.165, 1.54) is 47.7 Å². The Morgan fingerprint density at radius 2 is 1.97 bits per heavy atom. The van der Waals surface area contributed by atoms with E-state index >= 15 is 0 Å². The number of nitrogens with zero attached hydrogens (tertiary/aromatic N) is 2. The summed E-state index contributed by atoms with van der Waals surface area (Å²) < 4.78 is 31.1. The third kappa shape index (κ3) is 3.91. The van der Waals surface area contributed by atoms with Gasteiger partial charge in [-0.25, -0.2) is 13.4 Å². The first-order chi connectivity index (χ1) is 14.3. The van der Waals surface area contributed by atoms with Crippen molar-refractivity contribution in [2.75, 3.05) is 7.05 Å². The number of fused-ring (bicyclic) bond motifs is 1. The molecule has 3 heterocycles. The molecular formula is C20H17N3O5S2. The van der Waals surface area contributed by atoms with Gasteiger partial charge in [0.25, 0.3) is 11.5 Å². The van der Waals surface area contributed by atoms with Crippen molar-refractivity contribution >= 4 is 37.3 Å². The number of benzene rings is 1. The molecule has 0 saturated heterocycles. The molecule has 3 aromatic heterocycles. The van der Waals surface area contributed by atoms with E-state index in [0.29, 0.717) is 16.0 Å². The maximum atomic E-state index is 12.9. The number of carbonyl (C=O) groups excluding carboxylic acids is 1. The first-order valence-electron chi connectivity index (χ1n) is 8.91. The summed E-state index contributed by atoms with van der Waals surface area (Å²) in [4.78, 5) is 33.5. The summed E-state index contributed by atoms with van der Waals surface area (Å²) in [6, 6.07) is 11.2. The molecule has 30 heavy (non-hydrogen) atoms. The molecule has 0 saturated carbocycles. The van der Waals surface area contributed by atoms with E-state index in [-0.39, 0.29) is 34.1 Å². The standard InChI is InChI=1S/C20H17N3O5S2/c1-23(11-16-21-15-8-10-29-18(15)19(24)22-16)20(25)17-13(7-9-28-17)12-30(26,27)14-5-3-2-4-6-14/h2-10H,11-12H2,1H3,(H,21,22,24). The van der Waals surface area contributed by atoms with Crippen LogP contribution in [-0.2, 0) is 22.1 Å². The summed E-state index contributed by atoms with van der Waals surface area (Å²) >= 11 is 1.29. The molecule has 1 aromatic carbocycles. The van der Waals surface area contributed by atoms with Crippen LogP contribution in [0.4, 0.5) is 0 Å². The van der Waals surface area contributed by atoms with Crippen LogP contribution in [0.15, 0.2) is 68.2 Å². The molecule has 0 radical (unpaired) electrons. The van der Waals surface area contributed by atoms with Crippen LogP contribution >= 0.6 is 11.3 Å². The number of sulfone groups is 1. The van der Waals surface area contributed by atoms with E-state index < -0.39 is 15.7 Å². The third-order valence-electron chi connectivity index (χ3n) is 4.49. The molecule has 0 aliphatic rings. The molecule has 10 heteroatoms. The Hall–Kier alpha value is -3.24. The van der Waals surface area contributed by atoms with Gasteiger partial charge in [0.2, 0.25) is 0 Å². The average Bonchev–Trinajstić information content (AvgIpc) is 3.37. The molecule has 0 spiro atoms. The summed E-state index contributed by atoms with van der Waals surface area (Å²) in [6.45, 7) is 0.0332. The van der Waals surface area contributed by atoms with Gasteiger partial charge >= 0.3 is 0 Å². The zero-order chi connectivity index (χ0) is 21.3. The SMILES string of the molecule is CN(Cc1nc2ccsc2c(=O)[nH]1)C(=O)c1occc1CS(=O)(=O)c1ccccc1. The zero-order valence-electron chi connectivity index (χ0n) is 15.9. The molecule has 0 aliphatic carbocycles. The van der Waals surface area contributed by atoms with Crippen LogP contribution in [0.3, 0.4) is 0 Å². The monoisotopic (exact) mass is 443 g/mol. The van der Waals surface area contributed by atoms with Crippen molar-refractivity contribution in [3.8, 4) is 0 Å². The minimum absolute atomic E-state index is 0.0332. The van der Waals surface area contributed by atoms with Crippen molar-refractivity contribution in [3.63, 3.8) is 0 Å². The number of furan rings is 1. The van der Waals surface area contributed by atoms with Gasteiger partial charge in [-0.15, -0.1) is 11.3 Å². The lowest BCUT2D eigenvalue weighted by Crippen LogP contribution is -2.28. The molecule has 8 nitrogen and oxygen atoms in total.